The van der Waals surface area contributed by atoms with Gasteiger partial charge in [0.25, 0.3) is 0 Å². The molecule has 27 heavy (non-hydrogen) atoms. The monoisotopic (exact) mass is 354 g/mol. The summed E-state index contributed by atoms with van der Waals surface area (Å²) in [4.78, 5) is 13.5. The molecule has 0 saturated heterocycles. The smallest absolute Gasteiger partial charge is 0.223 e. The van der Waals surface area contributed by atoms with Crippen LogP contribution in [0.1, 0.15) is 16.8 Å². The molecule has 0 atom stereocenters. The van der Waals surface area contributed by atoms with Crippen LogP contribution >= 0.6 is 0 Å². The van der Waals surface area contributed by atoms with Crippen molar-refractivity contribution < 1.29 is 0 Å². The number of rotatable bonds is 5. The summed E-state index contributed by atoms with van der Waals surface area (Å²) in [7, 11) is 0. The standard InChI is InChI=1S/C23H22N4/c1-16-6-5-7-17(2)22(16)18-9-10-21-19(14-18)15-26-23(27-21)25-13-11-20-8-3-4-12-24-20/h3-10,12,14-15H,11,13H2,1-2H3,(H,25,26,27). The zero-order chi connectivity index (χ0) is 18.6. The van der Waals surface area contributed by atoms with Gasteiger partial charge in [-0.1, -0.05) is 30.3 Å². The lowest BCUT2D eigenvalue weighted by molar-refractivity contribution is 0.945. The summed E-state index contributed by atoms with van der Waals surface area (Å²) < 4.78 is 0. The fourth-order valence-corrected chi connectivity index (χ4v) is 3.39. The van der Waals surface area contributed by atoms with E-state index in [1.54, 1.807) is 0 Å². The minimum Gasteiger partial charge on any atom is -0.354 e. The highest BCUT2D eigenvalue weighted by Crippen LogP contribution is 2.29. The minimum absolute atomic E-state index is 0.651. The van der Waals surface area contributed by atoms with E-state index in [1.807, 2.05) is 30.6 Å². The second-order valence-corrected chi connectivity index (χ2v) is 6.73. The molecule has 0 aliphatic rings. The summed E-state index contributed by atoms with van der Waals surface area (Å²) in [5.41, 5.74) is 7.06. The van der Waals surface area contributed by atoms with Crippen LogP contribution in [0.2, 0.25) is 0 Å². The molecular formula is C23H22N4. The summed E-state index contributed by atoms with van der Waals surface area (Å²) in [6, 6.07) is 18.7. The molecule has 0 amide bonds. The number of nitrogens with zero attached hydrogens (tertiary/aromatic N) is 3. The molecule has 2 aromatic heterocycles. The van der Waals surface area contributed by atoms with Crippen LogP contribution in [0.5, 0.6) is 0 Å². The second kappa shape index (κ2) is 7.54. The molecule has 0 bridgehead atoms. The summed E-state index contributed by atoms with van der Waals surface area (Å²) in [6.07, 6.45) is 4.55. The third kappa shape index (κ3) is 3.80. The number of nitrogens with one attached hydrogen (secondary N) is 1. The molecule has 4 aromatic rings. The van der Waals surface area contributed by atoms with Gasteiger partial charge < -0.3 is 5.32 Å². The second-order valence-electron chi connectivity index (χ2n) is 6.73. The third-order valence-electron chi connectivity index (χ3n) is 4.74. The van der Waals surface area contributed by atoms with E-state index < -0.39 is 0 Å². The van der Waals surface area contributed by atoms with Crippen LogP contribution in [0.4, 0.5) is 5.95 Å². The Bertz CT molecular complexity index is 1050. The van der Waals surface area contributed by atoms with Gasteiger partial charge in [-0.25, -0.2) is 9.97 Å². The molecule has 0 radical (unpaired) electrons. The number of benzene rings is 2. The van der Waals surface area contributed by atoms with Crippen LogP contribution < -0.4 is 5.32 Å². The van der Waals surface area contributed by atoms with Crippen molar-refractivity contribution in [2.75, 3.05) is 11.9 Å². The fraction of sp³-hybridized carbons (Fsp3) is 0.174. The van der Waals surface area contributed by atoms with Gasteiger partial charge in [0.15, 0.2) is 0 Å². The average Bonchev–Trinajstić information content (AvgIpc) is 2.69. The Morgan fingerprint density at radius 2 is 1.74 bits per heavy atom. The molecule has 4 nitrogen and oxygen atoms in total. The highest BCUT2D eigenvalue weighted by molar-refractivity contribution is 5.85. The SMILES string of the molecule is Cc1cccc(C)c1-c1ccc2nc(NCCc3ccccn3)ncc2c1. The number of fused-ring (bicyclic) bond motifs is 1. The van der Waals surface area contributed by atoms with Crippen LogP contribution in [0.15, 0.2) is 67.0 Å². The van der Waals surface area contributed by atoms with Crippen molar-refractivity contribution in [3.05, 3.63) is 83.8 Å². The zero-order valence-corrected chi connectivity index (χ0v) is 15.6. The Hall–Kier alpha value is -3.27. The lowest BCUT2D eigenvalue weighted by Crippen LogP contribution is -2.08. The molecule has 0 aliphatic heterocycles. The number of aryl methyl sites for hydroxylation is 2. The molecule has 4 heteroatoms. The summed E-state index contributed by atoms with van der Waals surface area (Å²) in [5, 5.41) is 4.33. The van der Waals surface area contributed by atoms with Gasteiger partial charge in [0.2, 0.25) is 5.95 Å². The van der Waals surface area contributed by atoms with Gasteiger partial charge in [0.05, 0.1) is 5.52 Å². The van der Waals surface area contributed by atoms with E-state index in [4.69, 9.17) is 0 Å². The molecule has 0 spiro atoms. The zero-order valence-electron chi connectivity index (χ0n) is 15.6. The van der Waals surface area contributed by atoms with Gasteiger partial charge in [-0.3, -0.25) is 4.98 Å². The van der Waals surface area contributed by atoms with E-state index in [9.17, 15) is 0 Å². The van der Waals surface area contributed by atoms with Crippen molar-refractivity contribution in [2.24, 2.45) is 0 Å². The van der Waals surface area contributed by atoms with Gasteiger partial charge in [0.1, 0.15) is 0 Å². The minimum atomic E-state index is 0.651. The van der Waals surface area contributed by atoms with Crippen LogP contribution in [0, 0.1) is 13.8 Å². The first kappa shape index (κ1) is 17.2. The first-order chi connectivity index (χ1) is 13.2. The molecule has 4 rings (SSSR count). The van der Waals surface area contributed by atoms with Gasteiger partial charge in [-0.15, -0.1) is 0 Å². The van der Waals surface area contributed by atoms with Crippen LogP contribution in [0.25, 0.3) is 22.0 Å². The summed E-state index contributed by atoms with van der Waals surface area (Å²) in [5.74, 6) is 0.651. The Kier molecular flexibility index (Phi) is 4.79. The molecule has 2 heterocycles. The van der Waals surface area contributed by atoms with Crippen molar-refractivity contribution in [2.45, 2.75) is 20.3 Å². The molecule has 0 unspecified atom stereocenters. The average molecular weight is 354 g/mol. The van der Waals surface area contributed by atoms with E-state index in [0.717, 1.165) is 29.6 Å². The Morgan fingerprint density at radius 1 is 0.889 bits per heavy atom. The van der Waals surface area contributed by atoms with Gasteiger partial charge in [-0.2, -0.15) is 0 Å². The fourth-order valence-electron chi connectivity index (χ4n) is 3.39. The normalized spacial score (nSPS) is 10.9. The van der Waals surface area contributed by atoms with Crippen molar-refractivity contribution >= 4 is 16.9 Å². The summed E-state index contributed by atoms with van der Waals surface area (Å²) in [6.45, 7) is 5.05. The van der Waals surface area contributed by atoms with Crippen molar-refractivity contribution in [3.63, 3.8) is 0 Å². The van der Waals surface area contributed by atoms with E-state index in [2.05, 4.69) is 70.5 Å². The Labute approximate surface area is 159 Å². The van der Waals surface area contributed by atoms with Crippen molar-refractivity contribution in [3.8, 4) is 11.1 Å². The number of anilines is 1. The summed E-state index contributed by atoms with van der Waals surface area (Å²) >= 11 is 0. The van der Waals surface area contributed by atoms with Gasteiger partial charge in [-0.05, 0) is 60.4 Å². The predicted molar refractivity (Wildman–Crippen MR) is 111 cm³/mol. The van der Waals surface area contributed by atoms with Gasteiger partial charge in [0, 0.05) is 36.4 Å². The molecular weight excluding hydrogens is 332 g/mol. The topological polar surface area (TPSA) is 50.7 Å². The lowest BCUT2D eigenvalue weighted by Gasteiger charge is -2.11. The molecule has 2 aromatic carbocycles. The van der Waals surface area contributed by atoms with E-state index in [1.165, 1.54) is 22.3 Å². The maximum atomic E-state index is 4.64. The van der Waals surface area contributed by atoms with E-state index in [-0.39, 0.29) is 0 Å². The number of hydrogen-bond donors (Lipinski definition) is 1. The molecule has 134 valence electrons. The van der Waals surface area contributed by atoms with Crippen molar-refractivity contribution in [1.29, 1.82) is 0 Å². The predicted octanol–water partition coefficient (Wildman–Crippen LogP) is 4.96. The number of hydrogen-bond acceptors (Lipinski definition) is 4. The maximum Gasteiger partial charge on any atom is 0.223 e. The van der Waals surface area contributed by atoms with Gasteiger partial charge >= 0.3 is 0 Å². The first-order valence-electron chi connectivity index (χ1n) is 9.18. The highest BCUT2D eigenvalue weighted by atomic mass is 15.1. The third-order valence-corrected chi connectivity index (χ3v) is 4.74. The highest BCUT2D eigenvalue weighted by Gasteiger charge is 2.07. The van der Waals surface area contributed by atoms with E-state index >= 15 is 0 Å². The number of pyridine rings is 1. The molecule has 0 aliphatic carbocycles. The Morgan fingerprint density at radius 3 is 2.52 bits per heavy atom. The van der Waals surface area contributed by atoms with Crippen LogP contribution in [-0.2, 0) is 6.42 Å². The molecule has 0 fully saturated rings. The quantitative estimate of drug-likeness (QED) is 0.550. The van der Waals surface area contributed by atoms with Crippen LogP contribution in [0.3, 0.4) is 0 Å². The van der Waals surface area contributed by atoms with Crippen LogP contribution in [-0.4, -0.2) is 21.5 Å². The number of aromatic nitrogens is 3. The maximum absolute atomic E-state index is 4.64. The van der Waals surface area contributed by atoms with Crippen molar-refractivity contribution in [1.82, 2.24) is 15.0 Å². The molecule has 1 N–H and O–H groups in total. The van der Waals surface area contributed by atoms with E-state index in [0.29, 0.717) is 5.95 Å². The first-order valence-corrected chi connectivity index (χ1v) is 9.18. The largest absolute Gasteiger partial charge is 0.354 e. The lowest BCUT2D eigenvalue weighted by atomic mass is 9.95. The molecule has 0 saturated carbocycles. The Balaban J connectivity index is 1.54.